The van der Waals surface area contributed by atoms with Gasteiger partial charge in [-0.25, -0.2) is 4.98 Å². The van der Waals surface area contributed by atoms with Crippen LogP contribution in [0.1, 0.15) is 24.9 Å². The van der Waals surface area contributed by atoms with Gasteiger partial charge in [-0.2, -0.15) is 4.80 Å². The number of benzene rings is 1. The first-order valence-electron chi connectivity index (χ1n) is 8.38. The summed E-state index contributed by atoms with van der Waals surface area (Å²) in [6, 6.07) is 10.1. The number of rotatable bonds is 6. The topological polar surface area (TPSA) is 76.8 Å². The van der Waals surface area contributed by atoms with Crippen molar-refractivity contribution in [3.8, 4) is 11.4 Å². The number of likely N-dealkylation sites (N-methyl/N-ethyl adjacent to an activating group) is 1. The number of carbonyl (C=O) groups excluding carboxylic acids is 1. The van der Waals surface area contributed by atoms with E-state index in [1.807, 2.05) is 25.1 Å². The fourth-order valence-corrected chi connectivity index (χ4v) is 2.85. The van der Waals surface area contributed by atoms with Crippen LogP contribution in [-0.2, 0) is 11.3 Å². The van der Waals surface area contributed by atoms with Gasteiger partial charge in [0.05, 0.1) is 0 Å². The predicted molar refractivity (Wildman–Crippen MR) is 103 cm³/mol. The molecule has 3 aromatic rings. The van der Waals surface area contributed by atoms with Gasteiger partial charge >= 0.3 is 0 Å². The van der Waals surface area contributed by atoms with Crippen molar-refractivity contribution >= 4 is 29.1 Å². The van der Waals surface area contributed by atoms with Crippen LogP contribution in [0.5, 0.6) is 0 Å². The Morgan fingerprint density at radius 2 is 1.93 bits per heavy atom. The van der Waals surface area contributed by atoms with E-state index in [9.17, 15) is 4.79 Å². The number of hydrogen-bond acceptors (Lipinski definition) is 5. The first kappa shape index (κ1) is 19.3. The van der Waals surface area contributed by atoms with Gasteiger partial charge in [0.25, 0.3) is 0 Å². The van der Waals surface area contributed by atoms with Crippen LogP contribution in [0.3, 0.4) is 0 Å². The summed E-state index contributed by atoms with van der Waals surface area (Å²) in [7, 11) is 1.73. The summed E-state index contributed by atoms with van der Waals surface area (Å²) < 4.78 is 0. The van der Waals surface area contributed by atoms with Crippen molar-refractivity contribution in [2.75, 3.05) is 7.05 Å². The molecule has 0 N–H and O–H groups in total. The van der Waals surface area contributed by atoms with Crippen LogP contribution >= 0.6 is 23.2 Å². The summed E-state index contributed by atoms with van der Waals surface area (Å²) in [6.45, 7) is 2.32. The second-order valence-corrected chi connectivity index (χ2v) is 6.87. The highest BCUT2D eigenvalue weighted by atomic mass is 35.5. The molecular weight excluding hydrogens is 387 g/mol. The van der Waals surface area contributed by atoms with E-state index in [-0.39, 0.29) is 5.91 Å². The molecule has 0 fully saturated rings. The Hall–Kier alpha value is -2.51. The summed E-state index contributed by atoms with van der Waals surface area (Å²) in [5.74, 6) is 0.343. The van der Waals surface area contributed by atoms with Crippen LogP contribution in [0.4, 0.5) is 0 Å². The van der Waals surface area contributed by atoms with Gasteiger partial charge < -0.3 is 4.90 Å². The van der Waals surface area contributed by atoms with Crippen molar-refractivity contribution in [1.29, 1.82) is 0 Å². The highest BCUT2D eigenvalue weighted by Crippen LogP contribution is 2.19. The highest BCUT2D eigenvalue weighted by molar-refractivity contribution is 6.30. The van der Waals surface area contributed by atoms with Crippen molar-refractivity contribution in [3.63, 3.8) is 0 Å². The normalized spacial score (nSPS) is 12.0. The smallest absolute Gasteiger partial charge is 0.249 e. The van der Waals surface area contributed by atoms with Gasteiger partial charge in [0.15, 0.2) is 6.04 Å². The fourth-order valence-electron chi connectivity index (χ4n) is 2.61. The zero-order valence-electron chi connectivity index (χ0n) is 14.9. The predicted octanol–water partition coefficient (Wildman–Crippen LogP) is 3.65. The summed E-state index contributed by atoms with van der Waals surface area (Å²) in [6.07, 6.45) is 2.19. The number of tetrazole rings is 1. The zero-order valence-corrected chi connectivity index (χ0v) is 16.4. The van der Waals surface area contributed by atoms with Crippen LogP contribution in [0.2, 0.25) is 10.2 Å². The van der Waals surface area contributed by atoms with Crippen LogP contribution < -0.4 is 0 Å². The molecule has 0 radical (unpaired) electrons. The van der Waals surface area contributed by atoms with Gasteiger partial charge in [0.2, 0.25) is 11.7 Å². The SMILES string of the molecule is CCC(C(=O)N(C)Cc1ccc(Cl)nc1)n1nnc(-c2ccc(Cl)cc2)n1. The van der Waals surface area contributed by atoms with Gasteiger partial charge in [-0.3, -0.25) is 4.79 Å². The largest absolute Gasteiger partial charge is 0.339 e. The van der Waals surface area contributed by atoms with E-state index < -0.39 is 6.04 Å². The van der Waals surface area contributed by atoms with E-state index in [0.29, 0.717) is 29.0 Å². The number of carbonyl (C=O) groups is 1. The van der Waals surface area contributed by atoms with E-state index in [1.54, 1.807) is 36.3 Å². The van der Waals surface area contributed by atoms with Gasteiger partial charge in [0.1, 0.15) is 5.15 Å². The van der Waals surface area contributed by atoms with E-state index in [4.69, 9.17) is 23.2 Å². The number of halogens is 2. The van der Waals surface area contributed by atoms with Crippen molar-refractivity contribution < 1.29 is 4.79 Å². The van der Waals surface area contributed by atoms with Gasteiger partial charge in [-0.1, -0.05) is 36.2 Å². The molecule has 3 rings (SSSR count). The van der Waals surface area contributed by atoms with Crippen molar-refractivity contribution in [3.05, 3.63) is 58.3 Å². The second kappa shape index (κ2) is 8.45. The molecule has 1 atom stereocenters. The van der Waals surface area contributed by atoms with Gasteiger partial charge in [0, 0.05) is 30.4 Å². The Balaban J connectivity index is 1.74. The molecule has 0 bridgehead atoms. The quantitative estimate of drug-likeness (QED) is 0.585. The van der Waals surface area contributed by atoms with E-state index in [2.05, 4.69) is 20.4 Å². The van der Waals surface area contributed by atoms with Gasteiger partial charge in [-0.15, -0.1) is 10.2 Å². The molecule has 0 aliphatic carbocycles. The maximum atomic E-state index is 12.9. The summed E-state index contributed by atoms with van der Waals surface area (Å²) in [4.78, 5) is 19.9. The minimum Gasteiger partial charge on any atom is -0.339 e. The van der Waals surface area contributed by atoms with E-state index in [1.165, 1.54) is 4.80 Å². The summed E-state index contributed by atoms with van der Waals surface area (Å²) >= 11 is 11.7. The lowest BCUT2D eigenvalue weighted by molar-refractivity contribution is -0.134. The molecule has 1 amide bonds. The Kier molecular flexibility index (Phi) is 6.03. The summed E-state index contributed by atoms with van der Waals surface area (Å²) in [5.41, 5.74) is 1.67. The minimum atomic E-state index is -0.538. The number of hydrogen-bond donors (Lipinski definition) is 0. The third kappa shape index (κ3) is 4.61. The number of aromatic nitrogens is 5. The molecule has 0 saturated heterocycles. The third-order valence-corrected chi connectivity index (χ3v) is 4.54. The second-order valence-electron chi connectivity index (χ2n) is 6.05. The van der Waals surface area contributed by atoms with E-state index in [0.717, 1.165) is 11.1 Å². The number of pyridine rings is 1. The van der Waals surface area contributed by atoms with Crippen LogP contribution in [0.15, 0.2) is 42.6 Å². The monoisotopic (exact) mass is 404 g/mol. The fraction of sp³-hybridized carbons (Fsp3) is 0.278. The first-order valence-corrected chi connectivity index (χ1v) is 9.14. The standard InChI is InChI=1S/C18H18Cl2N6O/c1-3-15(18(27)25(2)11-12-4-9-16(20)21-10-12)26-23-17(22-24-26)13-5-7-14(19)8-6-13/h4-10,15H,3,11H2,1-2H3. The van der Waals surface area contributed by atoms with Crippen molar-refractivity contribution in [2.24, 2.45) is 0 Å². The highest BCUT2D eigenvalue weighted by Gasteiger charge is 2.25. The molecule has 0 aliphatic heterocycles. The Labute approximate surface area is 166 Å². The molecule has 27 heavy (non-hydrogen) atoms. The molecule has 0 aliphatic rings. The third-order valence-electron chi connectivity index (χ3n) is 4.07. The first-order chi connectivity index (χ1) is 13.0. The minimum absolute atomic E-state index is 0.104. The average molecular weight is 405 g/mol. The van der Waals surface area contributed by atoms with E-state index >= 15 is 0 Å². The number of amides is 1. The van der Waals surface area contributed by atoms with Crippen LogP contribution in [0, 0.1) is 0 Å². The van der Waals surface area contributed by atoms with Crippen molar-refractivity contribution in [2.45, 2.75) is 25.9 Å². The maximum Gasteiger partial charge on any atom is 0.249 e. The van der Waals surface area contributed by atoms with Crippen LogP contribution in [0.25, 0.3) is 11.4 Å². The molecule has 2 aromatic heterocycles. The molecular formula is C18H18Cl2N6O. The summed E-state index contributed by atoms with van der Waals surface area (Å²) in [5, 5.41) is 13.6. The molecule has 2 heterocycles. The molecule has 140 valence electrons. The Morgan fingerprint density at radius 1 is 1.19 bits per heavy atom. The number of nitrogens with zero attached hydrogens (tertiary/aromatic N) is 6. The van der Waals surface area contributed by atoms with Crippen molar-refractivity contribution in [1.82, 2.24) is 30.1 Å². The maximum absolute atomic E-state index is 12.9. The molecule has 0 saturated carbocycles. The lowest BCUT2D eigenvalue weighted by Crippen LogP contribution is -2.34. The molecule has 9 heteroatoms. The molecule has 0 spiro atoms. The average Bonchev–Trinajstić information content (AvgIpc) is 3.14. The lowest BCUT2D eigenvalue weighted by Gasteiger charge is -2.22. The molecule has 1 aromatic carbocycles. The van der Waals surface area contributed by atoms with Gasteiger partial charge in [-0.05, 0) is 47.5 Å². The zero-order chi connectivity index (χ0) is 19.4. The Morgan fingerprint density at radius 3 is 2.56 bits per heavy atom. The molecule has 1 unspecified atom stereocenters. The van der Waals surface area contributed by atoms with Crippen LogP contribution in [-0.4, -0.2) is 43.0 Å². The molecule has 7 nitrogen and oxygen atoms in total. The Bertz CT molecular complexity index is 910. The lowest BCUT2D eigenvalue weighted by atomic mass is 10.2.